The second kappa shape index (κ2) is 13.4. The molecule has 0 rings (SSSR count). The molecule has 0 radical (unpaired) electrons. The van der Waals surface area contributed by atoms with Gasteiger partial charge in [0.1, 0.15) is 0 Å². The van der Waals surface area contributed by atoms with Crippen LogP contribution >= 0.6 is 11.6 Å². The summed E-state index contributed by atoms with van der Waals surface area (Å²) < 4.78 is 1.14. The van der Waals surface area contributed by atoms with Crippen LogP contribution in [0.2, 0.25) is 0 Å². The molecule has 0 amide bonds. The highest BCUT2D eigenvalue weighted by Gasteiger charge is 2.12. The Labute approximate surface area is 131 Å². The number of hydrogen-bond donors (Lipinski definition) is 0. The zero-order valence-electron chi connectivity index (χ0n) is 12.0. The maximum absolute atomic E-state index is 5.73. The van der Waals surface area contributed by atoms with Gasteiger partial charge in [0.05, 0.1) is 27.2 Å². The minimum absolute atomic E-state index is 0. The topological polar surface area (TPSA) is 0 Å². The van der Waals surface area contributed by atoms with Crippen molar-refractivity contribution in [2.24, 2.45) is 0 Å². The summed E-state index contributed by atoms with van der Waals surface area (Å²) >= 11 is 5.73. The summed E-state index contributed by atoms with van der Waals surface area (Å²) in [6.07, 6.45) is 11.0. The number of hydrogen-bond acceptors (Lipinski definition) is 0. The van der Waals surface area contributed by atoms with Gasteiger partial charge in [0.2, 0.25) is 0 Å². The summed E-state index contributed by atoms with van der Waals surface area (Å²) in [6, 6.07) is 0. The van der Waals surface area contributed by atoms with Crippen LogP contribution in [0.4, 0.5) is 0 Å². The zero-order chi connectivity index (χ0) is 12.3. The number of nitrogens with zero attached hydrogens (tertiary/aromatic N) is 1. The Morgan fingerprint density at radius 2 is 1.24 bits per heavy atom. The third-order valence-electron chi connectivity index (χ3n) is 3.26. The van der Waals surface area contributed by atoms with Crippen molar-refractivity contribution in [1.29, 1.82) is 0 Å². The average Bonchev–Trinajstić information content (AvgIpc) is 2.25. The van der Waals surface area contributed by atoms with E-state index in [0.29, 0.717) is 0 Å². The van der Waals surface area contributed by atoms with Crippen molar-refractivity contribution >= 4 is 11.6 Å². The monoisotopic (exact) mass is 375 g/mol. The van der Waals surface area contributed by atoms with Crippen molar-refractivity contribution in [1.82, 2.24) is 0 Å². The van der Waals surface area contributed by atoms with Gasteiger partial charge in [-0.2, -0.15) is 0 Å². The molecule has 0 spiro atoms. The van der Waals surface area contributed by atoms with Gasteiger partial charge in [-0.1, -0.05) is 39.0 Å². The van der Waals surface area contributed by atoms with Crippen molar-refractivity contribution < 1.29 is 28.5 Å². The summed E-state index contributed by atoms with van der Waals surface area (Å²) in [5.74, 6) is 0.804. The van der Waals surface area contributed by atoms with Crippen LogP contribution in [0.1, 0.15) is 58.3 Å². The van der Waals surface area contributed by atoms with Gasteiger partial charge >= 0.3 is 0 Å². The number of rotatable bonds is 11. The van der Waals surface area contributed by atoms with Crippen LogP contribution in [0.3, 0.4) is 0 Å². The van der Waals surface area contributed by atoms with Gasteiger partial charge < -0.3 is 28.5 Å². The Morgan fingerprint density at radius 3 is 1.76 bits per heavy atom. The van der Waals surface area contributed by atoms with Gasteiger partial charge in [0.25, 0.3) is 0 Å². The summed E-state index contributed by atoms with van der Waals surface area (Å²) in [7, 11) is 4.65. The maximum Gasteiger partial charge on any atom is 0.0794 e. The van der Waals surface area contributed by atoms with Crippen molar-refractivity contribution in [3.63, 3.8) is 0 Å². The largest absolute Gasteiger partial charge is 1.00 e. The lowest BCUT2D eigenvalue weighted by atomic mass is 10.1. The van der Waals surface area contributed by atoms with E-state index in [1.54, 1.807) is 0 Å². The third kappa shape index (κ3) is 14.9. The SMILES string of the molecule is CCCCCCCCC[N+](C)(C)CCCCl.[I-]. The fourth-order valence-electron chi connectivity index (χ4n) is 2.10. The van der Waals surface area contributed by atoms with Crippen LogP contribution < -0.4 is 24.0 Å². The molecule has 0 saturated carbocycles. The highest BCUT2D eigenvalue weighted by Crippen LogP contribution is 2.09. The number of quaternary nitrogens is 1. The molecule has 1 nitrogen and oxygen atoms in total. The van der Waals surface area contributed by atoms with E-state index in [4.69, 9.17) is 11.6 Å². The molecule has 0 bridgehead atoms. The first-order chi connectivity index (χ1) is 7.62. The molecule has 0 unspecified atom stereocenters. The van der Waals surface area contributed by atoms with Gasteiger partial charge in [0, 0.05) is 12.3 Å². The molecule has 0 aliphatic heterocycles. The van der Waals surface area contributed by atoms with Crippen LogP contribution in [0.5, 0.6) is 0 Å². The van der Waals surface area contributed by atoms with E-state index in [1.807, 2.05) is 0 Å². The zero-order valence-corrected chi connectivity index (χ0v) is 14.9. The molecule has 0 heterocycles. The molecule has 17 heavy (non-hydrogen) atoms. The third-order valence-corrected chi connectivity index (χ3v) is 3.53. The van der Waals surface area contributed by atoms with E-state index < -0.39 is 0 Å². The van der Waals surface area contributed by atoms with E-state index in [-0.39, 0.29) is 24.0 Å². The summed E-state index contributed by atoms with van der Waals surface area (Å²) in [6.45, 7) is 4.81. The highest BCUT2D eigenvalue weighted by atomic mass is 127. The predicted octanol–water partition coefficient (Wildman–Crippen LogP) is 1.45. The van der Waals surface area contributed by atoms with E-state index in [2.05, 4.69) is 21.0 Å². The molecule has 0 fully saturated rings. The van der Waals surface area contributed by atoms with Crippen molar-refractivity contribution in [3.05, 3.63) is 0 Å². The molecular formula is C14H31ClIN. The lowest BCUT2D eigenvalue weighted by Gasteiger charge is -2.29. The number of unbranched alkanes of at least 4 members (excludes halogenated alkanes) is 6. The minimum atomic E-state index is 0. The number of alkyl halides is 1. The fourth-order valence-corrected chi connectivity index (χ4v) is 2.22. The van der Waals surface area contributed by atoms with Crippen LogP contribution in [-0.2, 0) is 0 Å². The molecule has 106 valence electrons. The minimum Gasteiger partial charge on any atom is -1.00 e. The second-order valence-electron chi connectivity index (χ2n) is 5.55. The standard InChI is InChI=1S/C14H31ClN.HI/c1-4-5-6-7-8-9-10-13-16(2,3)14-11-12-15;/h4-14H2,1-3H3;1H/q+1;/p-1. The summed E-state index contributed by atoms with van der Waals surface area (Å²) in [4.78, 5) is 0. The average molecular weight is 376 g/mol. The normalized spacial score (nSPS) is 11.3. The quantitative estimate of drug-likeness (QED) is 0.222. The van der Waals surface area contributed by atoms with E-state index in [0.717, 1.165) is 16.8 Å². The van der Waals surface area contributed by atoms with E-state index >= 15 is 0 Å². The van der Waals surface area contributed by atoms with Gasteiger partial charge in [0.15, 0.2) is 0 Å². The van der Waals surface area contributed by atoms with Crippen molar-refractivity contribution in [2.75, 3.05) is 33.1 Å². The lowest BCUT2D eigenvalue weighted by Crippen LogP contribution is -3.00. The summed E-state index contributed by atoms with van der Waals surface area (Å²) in [5.41, 5.74) is 0. The first-order valence-corrected chi connectivity index (χ1v) is 7.54. The van der Waals surface area contributed by atoms with Crippen LogP contribution in [0, 0.1) is 0 Å². The Hall–Kier alpha value is 0.980. The first kappa shape index (κ1) is 20.3. The molecule has 0 aromatic rings. The smallest absolute Gasteiger partial charge is 0.0794 e. The first-order valence-electron chi connectivity index (χ1n) is 7.00. The molecule has 0 N–H and O–H groups in total. The molecular weight excluding hydrogens is 345 g/mol. The molecule has 0 saturated heterocycles. The van der Waals surface area contributed by atoms with Crippen molar-refractivity contribution in [3.8, 4) is 0 Å². The lowest BCUT2D eigenvalue weighted by molar-refractivity contribution is -0.890. The molecule has 0 aromatic heterocycles. The van der Waals surface area contributed by atoms with Gasteiger partial charge in [-0.3, -0.25) is 0 Å². The van der Waals surface area contributed by atoms with Crippen LogP contribution in [0.15, 0.2) is 0 Å². The highest BCUT2D eigenvalue weighted by molar-refractivity contribution is 6.17. The van der Waals surface area contributed by atoms with Gasteiger partial charge in [-0.25, -0.2) is 0 Å². The Balaban J connectivity index is 0. The van der Waals surface area contributed by atoms with Gasteiger partial charge in [-0.15, -0.1) is 11.6 Å². The Bertz CT molecular complexity index is 151. The molecule has 0 aliphatic carbocycles. The fraction of sp³-hybridized carbons (Fsp3) is 1.00. The Kier molecular flexibility index (Phi) is 16.0. The summed E-state index contributed by atoms with van der Waals surface area (Å²) in [5, 5.41) is 0. The van der Waals surface area contributed by atoms with E-state index in [9.17, 15) is 0 Å². The molecule has 0 aliphatic rings. The molecule has 0 aromatic carbocycles. The number of halogens is 2. The second-order valence-corrected chi connectivity index (χ2v) is 5.92. The van der Waals surface area contributed by atoms with E-state index in [1.165, 1.54) is 58.0 Å². The molecule has 0 atom stereocenters. The molecule has 3 heteroatoms. The van der Waals surface area contributed by atoms with Crippen molar-refractivity contribution in [2.45, 2.75) is 58.3 Å². The van der Waals surface area contributed by atoms with Crippen LogP contribution in [-0.4, -0.2) is 37.5 Å². The maximum atomic E-state index is 5.73. The van der Waals surface area contributed by atoms with Crippen LogP contribution in [0.25, 0.3) is 0 Å². The predicted molar refractivity (Wildman–Crippen MR) is 75.2 cm³/mol. The Morgan fingerprint density at radius 1 is 0.765 bits per heavy atom. The van der Waals surface area contributed by atoms with Gasteiger partial charge in [-0.05, 0) is 12.8 Å².